The van der Waals surface area contributed by atoms with E-state index < -0.39 is 0 Å². The summed E-state index contributed by atoms with van der Waals surface area (Å²) in [5.41, 5.74) is -0.0456. The minimum Gasteiger partial charge on any atom is -0.444 e. The van der Waals surface area contributed by atoms with Gasteiger partial charge in [0.05, 0.1) is 5.02 Å². The van der Waals surface area contributed by atoms with Crippen LogP contribution >= 0.6 is 34.8 Å². The summed E-state index contributed by atoms with van der Waals surface area (Å²) >= 11 is 17.7. The fraction of sp³-hybridized carbons (Fsp3) is 0.333. The first-order valence-corrected chi connectivity index (χ1v) is 5.92. The highest BCUT2D eigenvalue weighted by Crippen LogP contribution is 2.30. The van der Waals surface area contributed by atoms with Crippen molar-refractivity contribution in [2.75, 3.05) is 0 Å². The standard InChI is InChI=1S/C12H13Cl3O/c1-12(2,3)7-11(15)16-10-5-4-8(13)6-9(10)14/h4-7H,1-3H3/b11-7-. The number of ether oxygens (including phenoxy) is 1. The molecule has 1 nitrogen and oxygen atoms in total. The minimum absolute atomic E-state index is 0.0456. The highest BCUT2D eigenvalue weighted by Gasteiger charge is 2.10. The van der Waals surface area contributed by atoms with E-state index in [1.807, 2.05) is 26.8 Å². The summed E-state index contributed by atoms with van der Waals surface area (Å²) < 4.78 is 5.41. The molecule has 0 saturated carbocycles. The second-order valence-corrected chi connectivity index (χ2v) is 5.71. The molecule has 0 radical (unpaired) electrons. The molecule has 0 saturated heterocycles. The van der Waals surface area contributed by atoms with Crippen LogP contribution in [0.4, 0.5) is 0 Å². The summed E-state index contributed by atoms with van der Waals surface area (Å²) in [4.78, 5) is 0. The van der Waals surface area contributed by atoms with E-state index in [9.17, 15) is 0 Å². The van der Waals surface area contributed by atoms with Crippen LogP contribution in [0.1, 0.15) is 20.8 Å². The van der Waals surface area contributed by atoms with Crippen LogP contribution in [-0.2, 0) is 0 Å². The number of rotatable bonds is 2. The largest absolute Gasteiger partial charge is 0.444 e. The molecule has 0 amide bonds. The smallest absolute Gasteiger partial charge is 0.190 e. The average Bonchev–Trinajstić information content (AvgIpc) is 2.06. The second kappa shape index (κ2) is 5.31. The minimum atomic E-state index is -0.0456. The number of allylic oxidation sites excluding steroid dienone is 1. The summed E-state index contributed by atoms with van der Waals surface area (Å²) in [7, 11) is 0. The van der Waals surface area contributed by atoms with Gasteiger partial charge in [0.15, 0.2) is 5.22 Å². The highest BCUT2D eigenvalue weighted by molar-refractivity contribution is 6.35. The fourth-order valence-corrected chi connectivity index (χ4v) is 1.89. The molecule has 0 N–H and O–H groups in total. The number of hydrogen-bond donors (Lipinski definition) is 0. The van der Waals surface area contributed by atoms with Crippen molar-refractivity contribution in [2.45, 2.75) is 20.8 Å². The Morgan fingerprint density at radius 1 is 1.25 bits per heavy atom. The summed E-state index contributed by atoms with van der Waals surface area (Å²) in [6.45, 7) is 6.09. The zero-order valence-corrected chi connectivity index (χ0v) is 11.6. The molecule has 0 spiro atoms. The van der Waals surface area contributed by atoms with Gasteiger partial charge in [-0.25, -0.2) is 0 Å². The molecule has 88 valence electrons. The molecule has 0 atom stereocenters. The van der Waals surface area contributed by atoms with Gasteiger partial charge in [0.1, 0.15) is 5.75 Å². The maximum Gasteiger partial charge on any atom is 0.190 e. The first kappa shape index (κ1) is 13.7. The lowest BCUT2D eigenvalue weighted by atomic mass is 9.97. The van der Waals surface area contributed by atoms with Crippen LogP contribution in [0.15, 0.2) is 29.5 Å². The zero-order chi connectivity index (χ0) is 12.3. The number of benzene rings is 1. The Labute approximate surface area is 111 Å². The molecule has 0 aliphatic heterocycles. The normalized spacial score (nSPS) is 12.8. The predicted octanol–water partition coefficient (Wildman–Crippen LogP) is 5.50. The monoisotopic (exact) mass is 278 g/mol. The summed E-state index contributed by atoms with van der Waals surface area (Å²) in [6, 6.07) is 4.99. The molecule has 0 heterocycles. The molecule has 16 heavy (non-hydrogen) atoms. The number of hydrogen-bond acceptors (Lipinski definition) is 1. The maximum atomic E-state index is 5.96. The first-order valence-electron chi connectivity index (χ1n) is 4.79. The van der Waals surface area contributed by atoms with Gasteiger partial charge in [-0.2, -0.15) is 0 Å². The van der Waals surface area contributed by atoms with Crippen LogP contribution in [0.3, 0.4) is 0 Å². The summed E-state index contributed by atoms with van der Waals surface area (Å²) in [5, 5.41) is 1.30. The van der Waals surface area contributed by atoms with Crippen molar-refractivity contribution in [3.05, 3.63) is 39.5 Å². The van der Waals surface area contributed by atoms with Gasteiger partial charge in [0.25, 0.3) is 0 Å². The Balaban J connectivity index is 2.85. The van der Waals surface area contributed by atoms with Gasteiger partial charge in [0.2, 0.25) is 0 Å². The van der Waals surface area contributed by atoms with Crippen LogP contribution in [-0.4, -0.2) is 0 Å². The van der Waals surface area contributed by atoms with Gasteiger partial charge in [-0.05, 0) is 41.3 Å². The van der Waals surface area contributed by atoms with E-state index in [0.717, 1.165) is 0 Å². The molecule has 0 aromatic heterocycles. The van der Waals surface area contributed by atoms with Crippen molar-refractivity contribution in [1.29, 1.82) is 0 Å². The third kappa shape index (κ3) is 4.65. The summed E-state index contributed by atoms with van der Waals surface area (Å²) in [6.07, 6.45) is 1.82. The molecule has 4 heteroatoms. The van der Waals surface area contributed by atoms with E-state index in [2.05, 4.69) is 0 Å². The molecular weight excluding hydrogens is 266 g/mol. The second-order valence-electron chi connectivity index (χ2n) is 4.49. The van der Waals surface area contributed by atoms with Gasteiger partial charge in [0, 0.05) is 5.02 Å². The SMILES string of the molecule is CC(C)(C)/C=C(/Cl)Oc1ccc(Cl)cc1Cl. The van der Waals surface area contributed by atoms with Gasteiger partial charge < -0.3 is 4.74 Å². The Morgan fingerprint density at radius 3 is 2.38 bits per heavy atom. The van der Waals surface area contributed by atoms with E-state index in [1.54, 1.807) is 18.2 Å². The van der Waals surface area contributed by atoms with Crippen molar-refractivity contribution < 1.29 is 4.74 Å². The van der Waals surface area contributed by atoms with Crippen molar-refractivity contribution in [2.24, 2.45) is 5.41 Å². The third-order valence-electron chi connectivity index (χ3n) is 1.65. The average molecular weight is 280 g/mol. The van der Waals surface area contributed by atoms with Crippen LogP contribution in [0.25, 0.3) is 0 Å². The van der Waals surface area contributed by atoms with Gasteiger partial charge in [-0.3, -0.25) is 0 Å². The van der Waals surface area contributed by atoms with Gasteiger partial charge in [-0.15, -0.1) is 0 Å². The molecule has 0 aliphatic rings. The zero-order valence-electron chi connectivity index (χ0n) is 9.35. The highest BCUT2D eigenvalue weighted by atomic mass is 35.5. The molecule has 0 unspecified atom stereocenters. The van der Waals surface area contributed by atoms with Crippen LogP contribution in [0.2, 0.25) is 10.0 Å². The topological polar surface area (TPSA) is 9.23 Å². The Morgan fingerprint density at radius 2 is 1.88 bits per heavy atom. The van der Waals surface area contributed by atoms with Crippen molar-refractivity contribution in [1.82, 2.24) is 0 Å². The molecule has 1 rings (SSSR count). The van der Waals surface area contributed by atoms with Gasteiger partial charge >= 0.3 is 0 Å². The molecular formula is C12H13Cl3O. The fourth-order valence-electron chi connectivity index (χ4n) is 1.03. The maximum absolute atomic E-state index is 5.96. The predicted molar refractivity (Wildman–Crippen MR) is 70.5 cm³/mol. The van der Waals surface area contributed by atoms with Crippen molar-refractivity contribution in [3.8, 4) is 5.75 Å². The Kier molecular flexibility index (Phi) is 4.54. The van der Waals surface area contributed by atoms with E-state index in [0.29, 0.717) is 21.0 Å². The lowest BCUT2D eigenvalue weighted by Gasteiger charge is -2.13. The molecule has 0 fully saturated rings. The molecule has 0 aliphatic carbocycles. The van der Waals surface area contributed by atoms with E-state index in [1.165, 1.54) is 0 Å². The molecule has 0 bridgehead atoms. The molecule has 1 aromatic rings. The Bertz CT molecular complexity index is 405. The van der Waals surface area contributed by atoms with E-state index in [-0.39, 0.29) is 5.41 Å². The van der Waals surface area contributed by atoms with Gasteiger partial charge in [-0.1, -0.05) is 44.0 Å². The van der Waals surface area contributed by atoms with E-state index >= 15 is 0 Å². The van der Waals surface area contributed by atoms with Crippen LogP contribution < -0.4 is 4.74 Å². The van der Waals surface area contributed by atoms with E-state index in [4.69, 9.17) is 39.5 Å². The lowest BCUT2D eigenvalue weighted by Crippen LogP contribution is -2.02. The van der Waals surface area contributed by atoms with Crippen molar-refractivity contribution >= 4 is 34.8 Å². The van der Waals surface area contributed by atoms with Crippen LogP contribution in [0.5, 0.6) is 5.75 Å². The third-order valence-corrected chi connectivity index (χ3v) is 2.36. The first-order chi connectivity index (χ1) is 7.28. The lowest BCUT2D eigenvalue weighted by molar-refractivity contribution is 0.438. The van der Waals surface area contributed by atoms with Crippen molar-refractivity contribution in [3.63, 3.8) is 0 Å². The molecule has 1 aromatic carbocycles. The quantitative estimate of drug-likeness (QED) is 0.650. The summed E-state index contributed by atoms with van der Waals surface area (Å²) in [5.74, 6) is 0.497. The Hall–Kier alpha value is -0.370. The van der Waals surface area contributed by atoms with Crippen LogP contribution in [0, 0.1) is 5.41 Å². The number of halogens is 3.